The minimum atomic E-state index is -0.434. The first-order valence-electron chi connectivity index (χ1n) is 8.78. The summed E-state index contributed by atoms with van der Waals surface area (Å²) in [6.45, 7) is 0. The molecule has 0 radical (unpaired) electrons. The number of carbonyl (C=O) groups is 1. The second-order valence-corrected chi connectivity index (χ2v) is 7.21. The van der Waals surface area contributed by atoms with E-state index in [0.717, 1.165) is 22.0 Å². The first kappa shape index (κ1) is 19.1. The lowest BCUT2D eigenvalue weighted by Crippen LogP contribution is -2.19. The zero-order chi connectivity index (χ0) is 20.4. The van der Waals surface area contributed by atoms with E-state index < -0.39 is 6.03 Å². The van der Waals surface area contributed by atoms with Gasteiger partial charge in [-0.2, -0.15) is 0 Å². The van der Waals surface area contributed by atoms with Gasteiger partial charge in [0.1, 0.15) is 0 Å². The van der Waals surface area contributed by atoms with Crippen molar-refractivity contribution in [3.8, 4) is 11.3 Å². The number of fused-ring (bicyclic) bond motifs is 1. The molecule has 144 valence electrons. The number of carbonyl (C=O) groups excluding carboxylic acids is 1. The zero-order valence-corrected chi connectivity index (χ0v) is 16.6. The number of nitrogens with zero attached hydrogens (tertiary/aromatic N) is 1. The van der Waals surface area contributed by atoms with Gasteiger partial charge in [-0.25, -0.2) is 4.79 Å². The number of anilines is 3. The summed E-state index contributed by atoms with van der Waals surface area (Å²) < 4.78 is 0. The van der Waals surface area contributed by atoms with Gasteiger partial charge in [0.15, 0.2) is 0 Å². The normalized spacial score (nSPS) is 10.7. The summed E-state index contributed by atoms with van der Waals surface area (Å²) >= 11 is 12.5. The van der Waals surface area contributed by atoms with Crippen LogP contribution in [0, 0.1) is 0 Å². The minimum Gasteiger partial charge on any atom is -0.399 e. The molecule has 29 heavy (non-hydrogen) atoms. The van der Waals surface area contributed by atoms with Gasteiger partial charge in [0, 0.05) is 28.5 Å². The molecule has 0 spiro atoms. The third-order valence-corrected chi connectivity index (χ3v) is 5.04. The molecule has 0 aliphatic rings. The topological polar surface area (TPSA) is 80.0 Å². The number of benzene rings is 3. The van der Waals surface area contributed by atoms with Gasteiger partial charge in [-0.15, -0.1) is 0 Å². The van der Waals surface area contributed by atoms with E-state index in [9.17, 15) is 4.79 Å². The molecule has 0 saturated heterocycles. The van der Waals surface area contributed by atoms with Gasteiger partial charge in [-0.1, -0.05) is 47.5 Å². The Hall–Kier alpha value is -3.28. The maximum Gasteiger partial charge on any atom is 0.323 e. The Bertz CT molecular complexity index is 1220. The SMILES string of the molecule is Nc1ccc(NC(=O)Nc2ccc(Cl)c(-c3nccc4ccccc34)c2)c(Cl)c1. The Morgan fingerprint density at radius 1 is 0.897 bits per heavy atom. The summed E-state index contributed by atoms with van der Waals surface area (Å²) in [6.07, 6.45) is 1.74. The maximum absolute atomic E-state index is 12.4. The fourth-order valence-corrected chi connectivity index (χ4v) is 3.48. The number of nitrogens with two attached hydrogens (primary N) is 1. The monoisotopic (exact) mass is 422 g/mol. The van der Waals surface area contributed by atoms with E-state index in [2.05, 4.69) is 15.6 Å². The van der Waals surface area contributed by atoms with Crippen molar-refractivity contribution in [2.24, 2.45) is 0 Å². The fraction of sp³-hybridized carbons (Fsp3) is 0. The van der Waals surface area contributed by atoms with E-state index in [-0.39, 0.29) is 0 Å². The molecule has 0 atom stereocenters. The van der Waals surface area contributed by atoms with Crippen molar-refractivity contribution >= 4 is 57.1 Å². The summed E-state index contributed by atoms with van der Waals surface area (Å²) in [6, 6.07) is 19.6. The van der Waals surface area contributed by atoms with Gasteiger partial charge in [0.25, 0.3) is 0 Å². The van der Waals surface area contributed by atoms with Crippen molar-refractivity contribution in [2.45, 2.75) is 0 Å². The molecule has 0 aliphatic carbocycles. The molecule has 0 saturated carbocycles. The molecule has 0 fully saturated rings. The van der Waals surface area contributed by atoms with Crippen molar-refractivity contribution in [1.29, 1.82) is 0 Å². The standard InChI is InChI=1S/C22H16Cl2N4O/c23-18-7-6-15(27-22(29)28-20-8-5-14(25)11-19(20)24)12-17(18)21-16-4-2-1-3-13(16)9-10-26-21/h1-12H,25H2,(H2,27,28,29). The van der Waals surface area contributed by atoms with Gasteiger partial charge >= 0.3 is 6.03 Å². The van der Waals surface area contributed by atoms with E-state index in [1.807, 2.05) is 30.3 Å². The van der Waals surface area contributed by atoms with Crippen molar-refractivity contribution in [1.82, 2.24) is 4.98 Å². The van der Waals surface area contributed by atoms with E-state index in [1.54, 1.807) is 42.6 Å². The highest BCUT2D eigenvalue weighted by Crippen LogP contribution is 2.34. The Kier molecular flexibility index (Phi) is 5.25. The van der Waals surface area contributed by atoms with E-state index in [4.69, 9.17) is 28.9 Å². The number of nitrogen functional groups attached to an aromatic ring is 1. The fourth-order valence-electron chi connectivity index (χ4n) is 3.04. The summed E-state index contributed by atoms with van der Waals surface area (Å²) in [5, 5.41) is 8.43. The van der Waals surface area contributed by atoms with Crippen molar-refractivity contribution < 1.29 is 4.79 Å². The molecular formula is C22H16Cl2N4O. The Morgan fingerprint density at radius 2 is 1.72 bits per heavy atom. The van der Waals surface area contributed by atoms with Crippen LogP contribution in [0.15, 0.2) is 72.9 Å². The molecule has 0 unspecified atom stereocenters. The highest BCUT2D eigenvalue weighted by Gasteiger charge is 2.12. The predicted molar refractivity (Wildman–Crippen MR) is 121 cm³/mol. The second-order valence-electron chi connectivity index (χ2n) is 6.39. The molecule has 7 heteroatoms. The van der Waals surface area contributed by atoms with Crippen LogP contribution < -0.4 is 16.4 Å². The second kappa shape index (κ2) is 7.99. The number of hydrogen-bond acceptors (Lipinski definition) is 3. The van der Waals surface area contributed by atoms with Crippen LogP contribution in [0.3, 0.4) is 0 Å². The molecule has 4 N–H and O–H groups in total. The number of amides is 2. The number of urea groups is 1. The Labute approximate surface area is 177 Å². The quantitative estimate of drug-likeness (QED) is 0.332. The number of hydrogen-bond donors (Lipinski definition) is 3. The highest BCUT2D eigenvalue weighted by molar-refractivity contribution is 6.34. The average molecular weight is 423 g/mol. The molecule has 4 rings (SSSR count). The lowest BCUT2D eigenvalue weighted by molar-refractivity contribution is 0.262. The van der Waals surface area contributed by atoms with Crippen LogP contribution >= 0.6 is 23.2 Å². The van der Waals surface area contributed by atoms with Crippen LogP contribution in [0.4, 0.5) is 21.9 Å². The molecule has 0 aliphatic heterocycles. The van der Waals surface area contributed by atoms with Crippen LogP contribution in [0.2, 0.25) is 10.0 Å². The molecule has 4 aromatic rings. The van der Waals surface area contributed by atoms with Crippen LogP contribution in [0.5, 0.6) is 0 Å². The number of nitrogens with one attached hydrogen (secondary N) is 2. The Morgan fingerprint density at radius 3 is 2.55 bits per heavy atom. The van der Waals surface area contributed by atoms with Crippen LogP contribution in [-0.4, -0.2) is 11.0 Å². The van der Waals surface area contributed by atoms with E-state index in [1.165, 1.54) is 0 Å². The van der Waals surface area contributed by atoms with Gasteiger partial charge < -0.3 is 16.4 Å². The summed E-state index contributed by atoms with van der Waals surface area (Å²) in [5.41, 5.74) is 8.71. The lowest BCUT2D eigenvalue weighted by Gasteiger charge is -2.12. The van der Waals surface area contributed by atoms with Crippen LogP contribution in [-0.2, 0) is 0 Å². The van der Waals surface area contributed by atoms with Crippen molar-refractivity contribution in [3.05, 3.63) is 83.0 Å². The molecular weight excluding hydrogens is 407 g/mol. The molecule has 5 nitrogen and oxygen atoms in total. The minimum absolute atomic E-state index is 0.358. The number of rotatable bonds is 3. The Balaban J connectivity index is 1.62. The third kappa shape index (κ3) is 4.11. The summed E-state index contributed by atoms with van der Waals surface area (Å²) in [5.74, 6) is 0. The van der Waals surface area contributed by atoms with Crippen LogP contribution in [0.25, 0.3) is 22.0 Å². The smallest absolute Gasteiger partial charge is 0.323 e. The molecule has 2 amide bonds. The number of halogens is 2. The zero-order valence-electron chi connectivity index (χ0n) is 15.1. The van der Waals surface area contributed by atoms with E-state index >= 15 is 0 Å². The first-order chi connectivity index (χ1) is 14.0. The number of aromatic nitrogens is 1. The number of pyridine rings is 1. The molecule has 3 aromatic carbocycles. The van der Waals surface area contributed by atoms with Gasteiger partial charge in [-0.3, -0.25) is 4.98 Å². The maximum atomic E-state index is 12.4. The predicted octanol–water partition coefficient (Wildman–Crippen LogP) is 6.43. The lowest BCUT2D eigenvalue weighted by atomic mass is 10.0. The third-order valence-electron chi connectivity index (χ3n) is 4.39. The van der Waals surface area contributed by atoms with Crippen molar-refractivity contribution in [3.63, 3.8) is 0 Å². The highest BCUT2D eigenvalue weighted by atomic mass is 35.5. The summed E-state index contributed by atoms with van der Waals surface area (Å²) in [4.78, 5) is 16.9. The van der Waals surface area contributed by atoms with Gasteiger partial charge in [0.2, 0.25) is 0 Å². The largest absolute Gasteiger partial charge is 0.399 e. The molecule has 1 heterocycles. The molecule has 0 bridgehead atoms. The van der Waals surface area contributed by atoms with Gasteiger partial charge in [0.05, 0.1) is 21.4 Å². The van der Waals surface area contributed by atoms with E-state index in [0.29, 0.717) is 27.1 Å². The molecule has 1 aromatic heterocycles. The van der Waals surface area contributed by atoms with Crippen molar-refractivity contribution in [2.75, 3.05) is 16.4 Å². The van der Waals surface area contributed by atoms with Gasteiger partial charge in [-0.05, 0) is 47.9 Å². The average Bonchev–Trinajstić information content (AvgIpc) is 2.71. The van der Waals surface area contributed by atoms with Crippen LogP contribution in [0.1, 0.15) is 0 Å². The first-order valence-corrected chi connectivity index (χ1v) is 9.53. The summed E-state index contributed by atoms with van der Waals surface area (Å²) in [7, 11) is 0.